The van der Waals surface area contributed by atoms with Crippen LogP contribution in [0.2, 0.25) is 5.02 Å². The second-order valence-electron chi connectivity index (χ2n) is 6.34. The van der Waals surface area contributed by atoms with Gasteiger partial charge >= 0.3 is 6.18 Å². The average molecular weight is 399 g/mol. The molecule has 0 aliphatic heterocycles. The summed E-state index contributed by atoms with van der Waals surface area (Å²) in [6, 6.07) is 9.04. The summed E-state index contributed by atoms with van der Waals surface area (Å²) in [5.74, 6) is -0.926. The number of likely N-dealkylation sites (N-methyl/N-ethyl adjacent to an activating group) is 1. The zero-order valence-electron chi connectivity index (χ0n) is 14.9. The molecule has 6 nitrogen and oxygen atoms in total. The van der Waals surface area contributed by atoms with Crippen molar-refractivity contribution in [3.8, 4) is 0 Å². The highest BCUT2D eigenvalue weighted by Gasteiger charge is 2.36. The molecule has 3 aromatic rings. The van der Waals surface area contributed by atoms with Crippen molar-refractivity contribution in [2.24, 2.45) is 0 Å². The highest BCUT2D eigenvalue weighted by molar-refractivity contribution is 6.30. The number of halogens is 4. The minimum Gasteiger partial charge on any atom is -0.368 e. The average Bonchev–Trinajstić information content (AvgIpc) is 3.00. The quantitative estimate of drug-likeness (QED) is 0.708. The van der Waals surface area contributed by atoms with Crippen LogP contribution in [0.25, 0.3) is 5.78 Å². The molecule has 0 saturated heterocycles. The van der Waals surface area contributed by atoms with Gasteiger partial charge in [-0.2, -0.15) is 22.7 Å². The molecule has 1 N–H and O–H groups in total. The molecular formula is C17H18ClF3N6. The van der Waals surface area contributed by atoms with Gasteiger partial charge in [0, 0.05) is 23.3 Å². The molecule has 0 amide bonds. The van der Waals surface area contributed by atoms with Crippen molar-refractivity contribution in [1.29, 1.82) is 0 Å². The molecule has 1 unspecified atom stereocenters. The van der Waals surface area contributed by atoms with Gasteiger partial charge in [-0.15, -0.1) is 5.10 Å². The van der Waals surface area contributed by atoms with Crippen LogP contribution in [0.4, 0.5) is 19.0 Å². The summed E-state index contributed by atoms with van der Waals surface area (Å²) < 4.78 is 39.9. The van der Waals surface area contributed by atoms with Crippen LogP contribution in [0.3, 0.4) is 0 Å². The third-order valence-electron chi connectivity index (χ3n) is 4.05. The molecule has 0 aliphatic rings. The van der Waals surface area contributed by atoms with Gasteiger partial charge < -0.3 is 10.2 Å². The number of alkyl halides is 3. The topological polar surface area (TPSA) is 58.4 Å². The molecule has 10 heteroatoms. The summed E-state index contributed by atoms with van der Waals surface area (Å²) in [5.41, 5.74) is 1.56. The van der Waals surface area contributed by atoms with E-state index < -0.39 is 12.0 Å². The van der Waals surface area contributed by atoms with Gasteiger partial charge in [0.2, 0.25) is 0 Å². The van der Waals surface area contributed by atoms with Gasteiger partial charge in [0.1, 0.15) is 5.82 Å². The largest absolute Gasteiger partial charge is 0.453 e. The number of anilines is 1. The molecule has 1 aromatic carbocycles. The van der Waals surface area contributed by atoms with Crippen molar-refractivity contribution in [2.45, 2.75) is 19.1 Å². The zero-order valence-corrected chi connectivity index (χ0v) is 15.7. The van der Waals surface area contributed by atoms with Crippen LogP contribution in [0, 0.1) is 6.92 Å². The fraction of sp³-hybridized carbons (Fsp3) is 0.353. The Morgan fingerprint density at radius 3 is 2.44 bits per heavy atom. The van der Waals surface area contributed by atoms with Crippen LogP contribution in [0.1, 0.15) is 23.1 Å². The van der Waals surface area contributed by atoms with Crippen LogP contribution in [-0.4, -0.2) is 45.1 Å². The van der Waals surface area contributed by atoms with E-state index in [0.717, 1.165) is 10.1 Å². The molecule has 0 radical (unpaired) electrons. The Kier molecular flexibility index (Phi) is 5.25. The summed E-state index contributed by atoms with van der Waals surface area (Å²) >= 11 is 5.94. The highest BCUT2D eigenvalue weighted by Crippen LogP contribution is 2.27. The molecule has 0 aliphatic carbocycles. The summed E-state index contributed by atoms with van der Waals surface area (Å²) in [4.78, 5) is 9.51. The Balaban J connectivity index is 1.90. The summed E-state index contributed by atoms with van der Waals surface area (Å²) in [6.07, 6.45) is -4.63. The minimum atomic E-state index is -4.63. The normalized spacial score (nSPS) is 13.3. The van der Waals surface area contributed by atoms with Crippen LogP contribution >= 0.6 is 11.6 Å². The first-order valence-corrected chi connectivity index (χ1v) is 8.50. The Labute approximate surface area is 159 Å². The molecule has 0 saturated carbocycles. The van der Waals surface area contributed by atoms with Gasteiger partial charge in [-0.3, -0.25) is 0 Å². The minimum absolute atomic E-state index is 0.0311. The Hall–Kier alpha value is -2.39. The van der Waals surface area contributed by atoms with Gasteiger partial charge in [-0.25, -0.2) is 4.98 Å². The van der Waals surface area contributed by atoms with E-state index in [-0.39, 0.29) is 11.8 Å². The number of nitrogens with zero attached hydrogens (tertiary/aromatic N) is 5. The second kappa shape index (κ2) is 7.32. The molecule has 0 spiro atoms. The summed E-state index contributed by atoms with van der Waals surface area (Å²) in [7, 11) is 3.84. The lowest BCUT2D eigenvalue weighted by Crippen LogP contribution is -2.27. The van der Waals surface area contributed by atoms with Crippen molar-refractivity contribution in [1.82, 2.24) is 24.5 Å². The second-order valence-corrected chi connectivity index (χ2v) is 6.78. The smallest absolute Gasteiger partial charge is 0.368 e. The monoisotopic (exact) mass is 398 g/mol. The third-order valence-corrected chi connectivity index (χ3v) is 4.30. The molecule has 144 valence electrons. The van der Waals surface area contributed by atoms with Crippen LogP contribution < -0.4 is 5.32 Å². The zero-order chi connectivity index (χ0) is 19.8. The van der Waals surface area contributed by atoms with Crippen molar-refractivity contribution in [3.63, 3.8) is 0 Å². The van der Waals surface area contributed by atoms with Gasteiger partial charge in [-0.1, -0.05) is 23.7 Å². The number of aromatic nitrogens is 4. The number of nitrogens with one attached hydrogen (secondary N) is 1. The maximum atomic E-state index is 12.9. The molecule has 0 bridgehead atoms. The number of aryl methyl sites for hydroxylation is 1. The maximum Gasteiger partial charge on any atom is 0.453 e. The predicted molar refractivity (Wildman–Crippen MR) is 96.9 cm³/mol. The van der Waals surface area contributed by atoms with Crippen LogP contribution in [0.15, 0.2) is 30.3 Å². The lowest BCUT2D eigenvalue weighted by Gasteiger charge is -2.25. The van der Waals surface area contributed by atoms with Gasteiger partial charge in [-0.05, 0) is 38.7 Å². The van der Waals surface area contributed by atoms with E-state index in [2.05, 4.69) is 20.4 Å². The Bertz CT molecular complexity index is 936. The molecule has 0 fully saturated rings. The molecule has 27 heavy (non-hydrogen) atoms. The predicted octanol–water partition coefficient (Wildman–Crippen LogP) is 3.82. The van der Waals surface area contributed by atoms with Crippen molar-refractivity contribution in [2.75, 3.05) is 26.0 Å². The first kappa shape index (κ1) is 19.4. The number of hydrogen-bond acceptors (Lipinski definition) is 5. The molecule has 1 atom stereocenters. The standard InChI is InChI=1S/C17H18ClF3N6/c1-10-8-14(27-16(23-10)24-15(25-27)17(19,20)21)22-9-13(26(2)3)11-4-6-12(18)7-5-11/h4-8,13,22H,9H2,1-3H3. The molecule has 3 rings (SSSR count). The lowest BCUT2D eigenvalue weighted by atomic mass is 10.1. The van der Waals surface area contributed by atoms with E-state index in [0.29, 0.717) is 23.1 Å². The van der Waals surface area contributed by atoms with Crippen molar-refractivity contribution in [3.05, 3.63) is 52.4 Å². The fourth-order valence-electron chi connectivity index (χ4n) is 2.72. The van der Waals surface area contributed by atoms with Gasteiger partial charge in [0.05, 0.1) is 6.04 Å². The van der Waals surface area contributed by atoms with Crippen LogP contribution in [-0.2, 0) is 6.18 Å². The Morgan fingerprint density at radius 2 is 1.85 bits per heavy atom. The molecular weight excluding hydrogens is 381 g/mol. The number of fused-ring (bicyclic) bond motifs is 1. The van der Waals surface area contributed by atoms with E-state index >= 15 is 0 Å². The highest BCUT2D eigenvalue weighted by atomic mass is 35.5. The van der Waals surface area contributed by atoms with E-state index in [4.69, 9.17) is 11.6 Å². The lowest BCUT2D eigenvalue weighted by molar-refractivity contribution is -0.144. The van der Waals surface area contributed by atoms with E-state index in [1.165, 1.54) is 0 Å². The maximum absolute atomic E-state index is 12.9. The van der Waals surface area contributed by atoms with E-state index in [9.17, 15) is 13.2 Å². The number of hydrogen-bond donors (Lipinski definition) is 1. The SMILES string of the molecule is Cc1cc(NCC(c2ccc(Cl)cc2)N(C)C)n2nc(C(F)(F)F)nc2n1. The van der Waals surface area contributed by atoms with Crippen molar-refractivity contribution < 1.29 is 13.2 Å². The third kappa shape index (κ3) is 4.30. The van der Waals surface area contributed by atoms with Gasteiger partial charge in [0.25, 0.3) is 11.6 Å². The van der Waals surface area contributed by atoms with E-state index in [1.54, 1.807) is 25.1 Å². The Morgan fingerprint density at radius 1 is 1.19 bits per heavy atom. The number of benzene rings is 1. The molecule has 2 heterocycles. The fourth-order valence-corrected chi connectivity index (χ4v) is 2.84. The van der Waals surface area contributed by atoms with Gasteiger partial charge in [0.15, 0.2) is 0 Å². The summed E-state index contributed by atoms with van der Waals surface area (Å²) in [5, 5.41) is 7.36. The number of rotatable bonds is 5. The first-order chi connectivity index (χ1) is 12.6. The molecule has 2 aromatic heterocycles. The summed E-state index contributed by atoms with van der Waals surface area (Å²) in [6.45, 7) is 2.13. The van der Waals surface area contributed by atoms with E-state index in [1.807, 2.05) is 31.1 Å². The van der Waals surface area contributed by atoms with Crippen LogP contribution in [0.5, 0.6) is 0 Å². The van der Waals surface area contributed by atoms with Crippen molar-refractivity contribution >= 4 is 23.2 Å². The first-order valence-electron chi connectivity index (χ1n) is 8.12.